The lowest BCUT2D eigenvalue weighted by atomic mass is 9.98. The normalized spacial score (nSPS) is 18.3. The number of nitrogens with zero attached hydrogens (tertiary/aromatic N) is 3. The molecule has 1 saturated heterocycles. The Morgan fingerprint density at radius 3 is 2.75 bits per heavy atom. The predicted molar refractivity (Wildman–Crippen MR) is 92.1 cm³/mol. The van der Waals surface area contributed by atoms with Crippen LogP contribution >= 0.6 is 0 Å². The van der Waals surface area contributed by atoms with E-state index in [1.165, 1.54) is 0 Å². The molecule has 1 aliphatic rings. The van der Waals surface area contributed by atoms with Gasteiger partial charge in [0.25, 0.3) is 0 Å². The molecule has 6 heteroatoms. The molecule has 0 bridgehead atoms. The van der Waals surface area contributed by atoms with Crippen LogP contribution in [0.4, 0.5) is 4.79 Å². The third-order valence-corrected chi connectivity index (χ3v) is 3.96. The molecule has 0 radical (unpaired) electrons. The Bertz CT molecular complexity index is 525. The fraction of sp³-hybridized carbons (Fsp3) is 0.722. The molecule has 0 N–H and O–H groups in total. The Hall–Kier alpha value is -1.85. The summed E-state index contributed by atoms with van der Waals surface area (Å²) in [6.07, 6.45) is 4.83. The van der Waals surface area contributed by atoms with Crippen LogP contribution in [0.2, 0.25) is 0 Å². The number of ether oxygens (including phenoxy) is 2. The van der Waals surface area contributed by atoms with Crippen molar-refractivity contribution in [3.63, 3.8) is 0 Å². The first kappa shape index (κ1) is 18.5. The zero-order valence-electron chi connectivity index (χ0n) is 15.2. The molecule has 2 rings (SSSR count). The van der Waals surface area contributed by atoms with E-state index in [0.717, 1.165) is 44.3 Å². The maximum absolute atomic E-state index is 12.4. The van der Waals surface area contributed by atoms with Crippen molar-refractivity contribution < 1.29 is 14.3 Å². The van der Waals surface area contributed by atoms with Gasteiger partial charge in [-0.25, -0.2) is 4.79 Å². The molecule has 1 aromatic rings. The summed E-state index contributed by atoms with van der Waals surface area (Å²) in [5.74, 6) is 0.549. The highest BCUT2D eigenvalue weighted by molar-refractivity contribution is 5.68. The number of carbonyl (C=O) groups excluding carboxylic acids is 1. The lowest BCUT2D eigenvalue weighted by Crippen LogP contribution is -2.46. The molecule has 6 nitrogen and oxygen atoms in total. The number of rotatable bonds is 5. The summed E-state index contributed by atoms with van der Waals surface area (Å²) < 4.78 is 11.2. The second-order valence-corrected chi connectivity index (χ2v) is 7.33. The molecule has 134 valence electrons. The fourth-order valence-electron chi connectivity index (χ4n) is 2.82. The molecule has 0 unspecified atom stereocenters. The number of carbonyl (C=O) groups is 1. The highest BCUT2D eigenvalue weighted by Crippen LogP contribution is 2.23. The van der Waals surface area contributed by atoms with Crippen molar-refractivity contribution in [2.75, 3.05) is 13.2 Å². The minimum Gasteiger partial charge on any atom is -0.477 e. The molecular weight excluding hydrogens is 306 g/mol. The molecule has 1 fully saturated rings. The topological polar surface area (TPSA) is 64.5 Å². The fourth-order valence-corrected chi connectivity index (χ4v) is 2.82. The molecule has 24 heavy (non-hydrogen) atoms. The highest BCUT2D eigenvalue weighted by Gasteiger charge is 2.30. The Balaban J connectivity index is 1.78. The first-order valence-electron chi connectivity index (χ1n) is 8.78. The lowest BCUT2D eigenvalue weighted by molar-refractivity contribution is 0.00822. The van der Waals surface area contributed by atoms with Gasteiger partial charge in [0, 0.05) is 18.7 Å². The molecule has 2 heterocycles. The van der Waals surface area contributed by atoms with Crippen LogP contribution < -0.4 is 4.74 Å². The number of aryl methyl sites for hydroxylation is 1. The lowest BCUT2D eigenvalue weighted by Gasteiger charge is -2.36. The van der Waals surface area contributed by atoms with Crippen molar-refractivity contribution in [3.05, 3.63) is 17.8 Å². The molecule has 0 saturated carbocycles. The molecule has 0 aliphatic carbocycles. The molecule has 1 aromatic heterocycles. The largest absolute Gasteiger partial charge is 0.477 e. The zero-order valence-corrected chi connectivity index (χ0v) is 15.2. The monoisotopic (exact) mass is 335 g/mol. The summed E-state index contributed by atoms with van der Waals surface area (Å²) in [6, 6.07) is 3.95. The van der Waals surface area contributed by atoms with E-state index >= 15 is 0 Å². The Kier molecular flexibility index (Phi) is 6.40. The number of amides is 1. The number of hydrogen-bond donors (Lipinski definition) is 0. The number of hydrogen-bond acceptors (Lipinski definition) is 5. The minimum atomic E-state index is -0.452. The van der Waals surface area contributed by atoms with E-state index in [1.807, 2.05) is 44.7 Å². The Morgan fingerprint density at radius 1 is 1.29 bits per heavy atom. The predicted octanol–water partition coefficient (Wildman–Crippen LogP) is 3.73. The van der Waals surface area contributed by atoms with Gasteiger partial charge < -0.3 is 14.4 Å². The van der Waals surface area contributed by atoms with Gasteiger partial charge >= 0.3 is 6.09 Å². The van der Waals surface area contributed by atoms with Gasteiger partial charge in [-0.3, -0.25) is 0 Å². The van der Waals surface area contributed by atoms with E-state index in [4.69, 9.17) is 9.47 Å². The van der Waals surface area contributed by atoms with Gasteiger partial charge in [-0.2, -0.15) is 5.10 Å². The van der Waals surface area contributed by atoms with Crippen LogP contribution in [0.25, 0.3) is 0 Å². The zero-order chi connectivity index (χ0) is 17.6. The van der Waals surface area contributed by atoms with Crippen molar-refractivity contribution in [3.8, 4) is 5.88 Å². The van der Waals surface area contributed by atoms with Crippen LogP contribution in [0.1, 0.15) is 58.6 Å². The SMILES string of the molecule is Cc1ccc(OCCC[C@H]2CCCCN2C(=O)OC(C)(C)C)nn1. The molecule has 1 aliphatic heterocycles. The number of aromatic nitrogens is 2. The van der Waals surface area contributed by atoms with Crippen LogP contribution in [-0.2, 0) is 4.74 Å². The Morgan fingerprint density at radius 2 is 2.08 bits per heavy atom. The van der Waals surface area contributed by atoms with Crippen molar-refractivity contribution in [2.45, 2.75) is 71.4 Å². The average Bonchev–Trinajstić information content (AvgIpc) is 2.52. The van der Waals surface area contributed by atoms with E-state index in [0.29, 0.717) is 12.5 Å². The second kappa shape index (κ2) is 8.31. The minimum absolute atomic E-state index is 0.197. The van der Waals surface area contributed by atoms with Crippen molar-refractivity contribution >= 4 is 6.09 Å². The van der Waals surface area contributed by atoms with Crippen LogP contribution in [0.3, 0.4) is 0 Å². The summed E-state index contributed by atoms with van der Waals surface area (Å²) in [7, 11) is 0. The summed E-state index contributed by atoms with van der Waals surface area (Å²) >= 11 is 0. The van der Waals surface area contributed by atoms with Crippen molar-refractivity contribution in [2.24, 2.45) is 0 Å². The third kappa shape index (κ3) is 5.98. The van der Waals surface area contributed by atoms with Crippen LogP contribution in [0.15, 0.2) is 12.1 Å². The van der Waals surface area contributed by atoms with E-state index in [-0.39, 0.29) is 12.1 Å². The molecular formula is C18H29N3O3. The van der Waals surface area contributed by atoms with Gasteiger partial charge in [0.05, 0.1) is 12.3 Å². The molecule has 0 aromatic carbocycles. The van der Waals surface area contributed by atoms with Gasteiger partial charge in [-0.15, -0.1) is 5.10 Å². The average molecular weight is 335 g/mol. The first-order chi connectivity index (χ1) is 11.3. The first-order valence-corrected chi connectivity index (χ1v) is 8.78. The van der Waals surface area contributed by atoms with E-state index in [1.54, 1.807) is 0 Å². The molecule has 1 amide bonds. The van der Waals surface area contributed by atoms with Crippen molar-refractivity contribution in [1.29, 1.82) is 0 Å². The van der Waals surface area contributed by atoms with Gasteiger partial charge in [-0.05, 0) is 65.9 Å². The van der Waals surface area contributed by atoms with E-state index < -0.39 is 5.60 Å². The quantitative estimate of drug-likeness (QED) is 0.767. The molecule has 1 atom stereocenters. The van der Waals surface area contributed by atoms with Gasteiger partial charge in [-0.1, -0.05) is 0 Å². The summed E-state index contributed by atoms with van der Waals surface area (Å²) in [6.45, 7) is 8.96. The summed E-state index contributed by atoms with van der Waals surface area (Å²) in [5, 5.41) is 7.96. The summed E-state index contributed by atoms with van der Waals surface area (Å²) in [5.41, 5.74) is 0.421. The van der Waals surface area contributed by atoms with Gasteiger partial charge in [0.1, 0.15) is 5.60 Å². The third-order valence-electron chi connectivity index (χ3n) is 3.96. The van der Waals surface area contributed by atoms with E-state index in [9.17, 15) is 4.79 Å². The Labute approximate surface area is 144 Å². The maximum atomic E-state index is 12.4. The number of likely N-dealkylation sites (tertiary alicyclic amines) is 1. The van der Waals surface area contributed by atoms with Crippen LogP contribution in [0, 0.1) is 6.92 Å². The second-order valence-electron chi connectivity index (χ2n) is 7.33. The van der Waals surface area contributed by atoms with E-state index in [2.05, 4.69) is 10.2 Å². The van der Waals surface area contributed by atoms with Gasteiger partial charge in [0.15, 0.2) is 0 Å². The van der Waals surface area contributed by atoms with Crippen LogP contribution in [0.5, 0.6) is 5.88 Å². The maximum Gasteiger partial charge on any atom is 0.410 e. The van der Waals surface area contributed by atoms with Gasteiger partial charge in [0.2, 0.25) is 5.88 Å². The summed E-state index contributed by atoms with van der Waals surface area (Å²) in [4.78, 5) is 14.3. The van der Waals surface area contributed by atoms with Crippen molar-refractivity contribution in [1.82, 2.24) is 15.1 Å². The smallest absolute Gasteiger partial charge is 0.410 e. The highest BCUT2D eigenvalue weighted by atomic mass is 16.6. The number of piperidine rings is 1. The van der Waals surface area contributed by atoms with Crippen LogP contribution in [-0.4, -0.2) is 46.0 Å². The standard InChI is InChI=1S/C18H29N3O3/c1-14-10-11-16(20-19-14)23-13-7-9-15-8-5-6-12-21(15)17(22)24-18(2,3)4/h10-11,15H,5-9,12-13H2,1-4H3/t15-/m1/s1. The molecule has 0 spiro atoms.